The van der Waals surface area contributed by atoms with E-state index in [4.69, 9.17) is 0 Å². The summed E-state index contributed by atoms with van der Waals surface area (Å²) >= 11 is 0. The first-order valence-electron chi connectivity index (χ1n) is 3.68. The minimum absolute atomic E-state index is 0.892. The lowest BCUT2D eigenvalue weighted by Gasteiger charge is -1.98. The maximum Gasteiger partial charge on any atom is 0.141 e. The molecule has 0 atom stereocenters. The van der Waals surface area contributed by atoms with Crippen LogP contribution in [0.25, 0.3) is 11.4 Å². The van der Waals surface area contributed by atoms with Crippen LogP contribution in [0.5, 0.6) is 0 Å². The second kappa shape index (κ2) is 2.77. The van der Waals surface area contributed by atoms with Crippen molar-refractivity contribution in [2.24, 2.45) is 7.05 Å². The summed E-state index contributed by atoms with van der Waals surface area (Å²) in [5, 5.41) is 0. The SMILES string of the molecule is Cn1ccnc1-c1[c]nccc1. The second-order valence-corrected chi connectivity index (χ2v) is 2.52. The number of imidazole rings is 1. The van der Waals surface area contributed by atoms with Crippen molar-refractivity contribution in [2.75, 3.05) is 0 Å². The van der Waals surface area contributed by atoms with Crippen molar-refractivity contribution in [1.29, 1.82) is 0 Å². The van der Waals surface area contributed by atoms with Crippen LogP contribution in [-0.2, 0) is 7.05 Å². The molecule has 0 aromatic carbocycles. The van der Waals surface area contributed by atoms with Crippen LogP contribution in [-0.4, -0.2) is 14.5 Å². The Balaban J connectivity index is 2.51. The standard InChI is InChI=1S/C9H8N3/c1-12-6-5-11-9(12)8-3-2-4-10-7-8/h2-6H,1H3. The Kier molecular flexibility index (Phi) is 1.63. The van der Waals surface area contributed by atoms with E-state index in [-0.39, 0.29) is 0 Å². The summed E-state index contributed by atoms with van der Waals surface area (Å²) in [6.45, 7) is 0. The van der Waals surface area contributed by atoms with Gasteiger partial charge in [-0.1, -0.05) is 0 Å². The molecule has 1 radical (unpaired) electrons. The summed E-state index contributed by atoms with van der Waals surface area (Å²) in [5.41, 5.74) is 0.921. The fourth-order valence-electron chi connectivity index (χ4n) is 1.08. The maximum absolute atomic E-state index is 4.18. The van der Waals surface area contributed by atoms with Gasteiger partial charge < -0.3 is 4.57 Å². The summed E-state index contributed by atoms with van der Waals surface area (Å²) in [7, 11) is 1.95. The zero-order valence-electron chi connectivity index (χ0n) is 6.73. The molecule has 59 valence electrons. The van der Waals surface area contributed by atoms with Crippen LogP contribution in [0.4, 0.5) is 0 Å². The van der Waals surface area contributed by atoms with E-state index in [9.17, 15) is 0 Å². The molecule has 2 rings (SSSR count). The van der Waals surface area contributed by atoms with Crippen LogP contribution in [0.1, 0.15) is 0 Å². The molecule has 0 aliphatic carbocycles. The number of rotatable bonds is 1. The van der Waals surface area contributed by atoms with Gasteiger partial charge in [0.05, 0.1) is 0 Å². The lowest BCUT2D eigenvalue weighted by atomic mass is 10.3. The Morgan fingerprint density at radius 1 is 1.42 bits per heavy atom. The van der Waals surface area contributed by atoms with Crippen LogP contribution in [0.2, 0.25) is 0 Å². The average Bonchev–Trinajstić information content (AvgIpc) is 2.53. The molecular weight excluding hydrogens is 150 g/mol. The number of hydrogen-bond acceptors (Lipinski definition) is 2. The van der Waals surface area contributed by atoms with Gasteiger partial charge in [0.15, 0.2) is 0 Å². The van der Waals surface area contributed by atoms with Gasteiger partial charge >= 0.3 is 0 Å². The molecule has 0 unspecified atom stereocenters. The van der Waals surface area contributed by atoms with Gasteiger partial charge in [-0.25, -0.2) is 4.98 Å². The molecule has 0 saturated heterocycles. The molecule has 12 heavy (non-hydrogen) atoms. The number of aromatic nitrogens is 3. The zero-order chi connectivity index (χ0) is 8.39. The van der Waals surface area contributed by atoms with Gasteiger partial charge in [0, 0.05) is 31.2 Å². The number of hydrogen-bond donors (Lipinski definition) is 0. The van der Waals surface area contributed by atoms with Gasteiger partial charge in [0.25, 0.3) is 0 Å². The molecular formula is C9H8N3. The third-order valence-electron chi connectivity index (χ3n) is 1.67. The van der Waals surface area contributed by atoms with E-state index in [2.05, 4.69) is 16.2 Å². The Morgan fingerprint density at radius 3 is 2.92 bits per heavy atom. The molecule has 3 nitrogen and oxygen atoms in total. The highest BCUT2D eigenvalue weighted by Gasteiger charge is 2.01. The Morgan fingerprint density at radius 2 is 2.33 bits per heavy atom. The van der Waals surface area contributed by atoms with Crippen molar-refractivity contribution in [2.45, 2.75) is 0 Å². The van der Waals surface area contributed by atoms with E-state index in [1.54, 1.807) is 12.4 Å². The van der Waals surface area contributed by atoms with Crippen molar-refractivity contribution < 1.29 is 0 Å². The Labute approximate surface area is 70.7 Å². The molecule has 2 aromatic rings. The Bertz CT molecular complexity index is 364. The van der Waals surface area contributed by atoms with Crippen LogP contribution < -0.4 is 0 Å². The van der Waals surface area contributed by atoms with Crippen LogP contribution in [0.15, 0.2) is 30.7 Å². The maximum atomic E-state index is 4.18. The van der Waals surface area contributed by atoms with Gasteiger partial charge in [-0.3, -0.25) is 4.98 Å². The molecule has 0 N–H and O–H groups in total. The summed E-state index contributed by atoms with van der Waals surface area (Å²) in [4.78, 5) is 8.08. The van der Waals surface area contributed by atoms with E-state index in [1.807, 2.05) is 29.9 Å². The van der Waals surface area contributed by atoms with E-state index >= 15 is 0 Å². The van der Waals surface area contributed by atoms with E-state index in [0.29, 0.717) is 0 Å². The second-order valence-electron chi connectivity index (χ2n) is 2.52. The van der Waals surface area contributed by atoms with Crippen molar-refractivity contribution in [3.05, 3.63) is 36.9 Å². The monoisotopic (exact) mass is 158 g/mol. The van der Waals surface area contributed by atoms with Crippen molar-refractivity contribution in [3.8, 4) is 11.4 Å². The lowest BCUT2D eigenvalue weighted by Crippen LogP contribution is -1.91. The summed E-state index contributed by atoms with van der Waals surface area (Å²) < 4.78 is 1.94. The average molecular weight is 158 g/mol. The molecule has 2 aromatic heterocycles. The zero-order valence-corrected chi connectivity index (χ0v) is 6.73. The highest BCUT2D eigenvalue weighted by Crippen LogP contribution is 2.12. The van der Waals surface area contributed by atoms with Crippen molar-refractivity contribution >= 4 is 0 Å². The summed E-state index contributed by atoms with van der Waals surface area (Å²) in [6, 6.07) is 3.82. The van der Waals surface area contributed by atoms with E-state index in [1.165, 1.54) is 0 Å². The quantitative estimate of drug-likeness (QED) is 0.626. The highest BCUT2D eigenvalue weighted by molar-refractivity contribution is 5.52. The fourth-order valence-corrected chi connectivity index (χ4v) is 1.08. The van der Waals surface area contributed by atoms with E-state index in [0.717, 1.165) is 11.4 Å². The molecule has 0 fully saturated rings. The first-order chi connectivity index (χ1) is 5.88. The first kappa shape index (κ1) is 7.03. The molecule has 0 bridgehead atoms. The minimum Gasteiger partial charge on any atom is -0.334 e. The molecule has 0 spiro atoms. The topological polar surface area (TPSA) is 30.7 Å². The molecule has 2 heterocycles. The first-order valence-corrected chi connectivity index (χ1v) is 3.68. The number of pyridine rings is 1. The highest BCUT2D eigenvalue weighted by atomic mass is 15.0. The van der Waals surface area contributed by atoms with E-state index < -0.39 is 0 Å². The molecule has 0 aliphatic heterocycles. The predicted octanol–water partition coefficient (Wildman–Crippen LogP) is 1.28. The van der Waals surface area contributed by atoms with Gasteiger partial charge in [-0.15, -0.1) is 0 Å². The minimum atomic E-state index is 0.892. The molecule has 0 amide bonds. The van der Waals surface area contributed by atoms with Gasteiger partial charge in [0.2, 0.25) is 0 Å². The van der Waals surface area contributed by atoms with Gasteiger partial charge in [0.1, 0.15) is 12.0 Å². The smallest absolute Gasteiger partial charge is 0.141 e. The number of nitrogens with zero attached hydrogens (tertiary/aromatic N) is 3. The Hall–Kier alpha value is -1.64. The molecule has 0 aliphatic rings. The summed E-state index contributed by atoms with van der Waals surface area (Å²) in [5.74, 6) is 0.892. The van der Waals surface area contributed by atoms with Crippen LogP contribution in [0.3, 0.4) is 0 Å². The van der Waals surface area contributed by atoms with Crippen LogP contribution in [0, 0.1) is 6.20 Å². The third kappa shape index (κ3) is 1.09. The largest absolute Gasteiger partial charge is 0.334 e. The van der Waals surface area contributed by atoms with Crippen molar-refractivity contribution in [3.63, 3.8) is 0 Å². The molecule has 0 saturated carbocycles. The molecule has 3 heteroatoms. The normalized spacial score (nSPS) is 10.1. The van der Waals surface area contributed by atoms with Gasteiger partial charge in [-0.2, -0.15) is 0 Å². The van der Waals surface area contributed by atoms with Gasteiger partial charge in [-0.05, 0) is 12.1 Å². The third-order valence-corrected chi connectivity index (χ3v) is 1.67. The number of aryl methyl sites for hydroxylation is 1. The predicted molar refractivity (Wildman–Crippen MR) is 45.3 cm³/mol. The van der Waals surface area contributed by atoms with Crippen LogP contribution >= 0.6 is 0 Å². The summed E-state index contributed by atoms with van der Waals surface area (Å²) in [6.07, 6.45) is 8.24. The fraction of sp³-hybridized carbons (Fsp3) is 0.111. The lowest BCUT2D eigenvalue weighted by molar-refractivity contribution is 0.923. The van der Waals surface area contributed by atoms with Crippen molar-refractivity contribution in [1.82, 2.24) is 14.5 Å².